The summed E-state index contributed by atoms with van der Waals surface area (Å²) in [5.41, 5.74) is 6.50. The molecular weight excluding hydrogens is 184 g/mol. The Hall–Kier alpha value is -1.13. The number of hydrogen-bond donors (Lipinski definition) is 1. The Morgan fingerprint density at radius 2 is 2.38 bits per heavy atom. The molecule has 3 nitrogen and oxygen atoms in total. The summed E-state index contributed by atoms with van der Waals surface area (Å²) in [6, 6.07) is 5.90. The number of rotatable bonds is 2. The van der Waals surface area contributed by atoms with Crippen molar-refractivity contribution in [2.45, 2.75) is 6.54 Å². The Balaban J connectivity index is 2.72. The molecule has 0 aliphatic carbocycles. The molecule has 68 valence electrons. The monoisotopic (exact) mass is 194 g/mol. The fourth-order valence-corrected chi connectivity index (χ4v) is 2.20. The summed E-state index contributed by atoms with van der Waals surface area (Å²) in [5.74, 6) is 0.870. The Kier molecular flexibility index (Phi) is 2.16. The quantitative estimate of drug-likeness (QED) is 0.792. The van der Waals surface area contributed by atoms with Crippen molar-refractivity contribution in [1.82, 2.24) is 4.37 Å². The molecule has 0 aliphatic heterocycles. The molecule has 1 aromatic carbocycles. The van der Waals surface area contributed by atoms with E-state index in [4.69, 9.17) is 10.5 Å². The van der Waals surface area contributed by atoms with Crippen LogP contribution in [0.2, 0.25) is 0 Å². The van der Waals surface area contributed by atoms with Crippen LogP contribution in [0.25, 0.3) is 10.1 Å². The lowest BCUT2D eigenvalue weighted by Gasteiger charge is -1.99. The van der Waals surface area contributed by atoms with E-state index in [0.29, 0.717) is 6.54 Å². The van der Waals surface area contributed by atoms with Crippen LogP contribution >= 0.6 is 11.5 Å². The van der Waals surface area contributed by atoms with Crippen molar-refractivity contribution in [3.05, 3.63) is 23.9 Å². The number of ether oxygens (including phenoxy) is 1. The van der Waals surface area contributed by atoms with E-state index >= 15 is 0 Å². The molecule has 1 heterocycles. The van der Waals surface area contributed by atoms with Gasteiger partial charge in [0, 0.05) is 11.9 Å². The van der Waals surface area contributed by atoms with E-state index in [1.54, 1.807) is 7.11 Å². The molecule has 0 bridgehead atoms. The minimum absolute atomic E-state index is 0.479. The predicted molar refractivity (Wildman–Crippen MR) is 54.1 cm³/mol. The van der Waals surface area contributed by atoms with Gasteiger partial charge in [-0.3, -0.25) is 0 Å². The van der Waals surface area contributed by atoms with Crippen molar-refractivity contribution in [2.24, 2.45) is 5.73 Å². The molecule has 2 rings (SSSR count). The molecule has 0 saturated heterocycles. The van der Waals surface area contributed by atoms with Gasteiger partial charge in [-0.1, -0.05) is 12.1 Å². The molecule has 0 spiro atoms. The van der Waals surface area contributed by atoms with Crippen molar-refractivity contribution in [2.75, 3.05) is 7.11 Å². The minimum atomic E-state index is 0.479. The SMILES string of the molecule is COc1cccc2c(CN)nsc12. The van der Waals surface area contributed by atoms with Crippen LogP contribution in [0, 0.1) is 0 Å². The van der Waals surface area contributed by atoms with Crippen LogP contribution in [-0.2, 0) is 6.54 Å². The first kappa shape index (κ1) is 8.47. The van der Waals surface area contributed by atoms with Crippen LogP contribution in [0.4, 0.5) is 0 Å². The summed E-state index contributed by atoms with van der Waals surface area (Å²) in [4.78, 5) is 0. The number of nitrogens with two attached hydrogens (primary N) is 1. The van der Waals surface area contributed by atoms with Crippen LogP contribution in [-0.4, -0.2) is 11.5 Å². The molecule has 2 N–H and O–H groups in total. The lowest BCUT2D eigenvalue weighted by Crippen LogP contribution is -1.96. The van der Waals surface area contributed by atoms with Gasteiger partial charge in [-0.2, -0.15) is 4.37 Å². The minimum Gasteiger partial charge on any atom is -0.495 e. The Bertz CT molecular complexity index is 424. The fourth-order valence-electron chi connectivity index (χ4n) is 1.30. The maximum atomic E-state index is 5.56. The van der Waals surface area contributed by atoms with Crippen molar-refractivity contribution in [3.63, 3.8) is 0 Å². The van der Waals surface area contributed by atoms with Crippen molar-refractivity contribution in [3.8, 4) is 5.75 Å². The largest absolute Gasteiger partial charge is 0.495 e. The third kappa shape index (κ3) is 1.28. The lowest BCUT2D eigenvalue weighted by molar-refractivity contribution is 0.420. The standard InChI is InChI=1S/C9H10N2OS/c1-12-8-4-2-3-6-7(5-10)11-13-9(6)8/h2-4H,5,10H2,1H3. The van der Waals surface area contributed by atoms with Gasteiger partial charge in [0.15, 0.2) is 0 Å². The van der Waals surface area contributed by atoms with Crippen LogP contribution in [0.15, 0.2) is 18.2 Å². The molecular formula is C9H10N2OS. The summed E-state index contributed by atoms with van der Waals surface area (Å²) < 4.78 is 10.5. The van der Waals surface area contributed by atoms with E-state index in [2.05, 4.69) is 4.37 Å². The fraction of sp³-hybridized carbons (Fsp3) is 0.222. The highest BCUT2D eigenvalue weighted by molar-refractivity contribution is 7.13. The van der Waals surface area contributed by atoms with Crippen LogP contribution < -0.4 is 10.5 Å². The zero-order chi connectivity index (χ0) is 9.26. The molecule has 0 amide bonds. The van der Waals surface area contributed by atoms with Crippen LogP contribution in [0.5, 0.6) is 5.75 Å². The van der Waals surface area contributed by atoms with Crippen molar-refractivity contribution < 1.29 is 4.74 Å². The highest BCUT2D eigenvalue weighted by Gasteiger charge is 2.07. The molecule has 0 fully saturated rings. The van der Waals surface area contributed by atoms with Crippen LogP contribution in [0.3, 0.4) is 0 Å². The first-order valence-corrected chi connectivity index (χ1v) is 4.75. The highest BCUT2D eigenvalue weighted by atomic mass is 32.1. The summed E-state index contributed by atoms with van der Waals surface area (Å²) in [7, 11) is 1.66. The molecule has 2 aromatic rings. The smallest absolute Gasteiger partial charge is 0.138 e. The molecule has 0 atom stereocenters. The Labute approximate surface area is 80.3 Å². The summed E-state index contributed by atoms with van der Waals surface area (Å²) in [5, 5.41) is 1.10. The van der Waals surface area contributed by atoms with E-state index in [1.165, 1.54) is 11.5 Å². The summed E-state index contributed by atoms with van der Waals surface area (Å²) >= 11 is 1.43. The second-order valence-electron chi connectivity index (χ2n) is 2.67. The number of hydrogen-bond acceptors (Lipinski definition) is 4. The van der Waals surface area contributed by atoms with E-state index in [0.717, 1.165) is 21.5 Å². The van der Waals surface area contributed by atoms with Gasteiger partial charge in [-0.05, 0) is 17.6 Å². The maximum Gasteiger partial charge on any atom is 0.138 e. The number of nitrogens with zero attached hydrogens (tertiary/aromatic N) is 1. The third-order valence-corrected chi connectivity index (χ3v) is 2.87. The van der Waals surface area contributed by atoms with Crippen LogP contribution in [0.1, 0.15) is 5.69 Å². The zero-order valence-corrected chi connectivity index (χ0v) is 8.10. The Morgan fingerprint density at radius 1 is 1.54 bits per heavy atom. The van der Waals surface area contributed by atoms with Gasteiger partial charge >= 0.3 is 0 Å². The van der Waals surface area contributed by atoms with E-state index < -0.39 is 0 Å². The van der Waals surface area contributed by atoms with Crippen molar-refractivity contribution in [1.29, 1.82) is 0 Å². The van der Waals surface area contributed by atoms with E-state index in [1.807, 2.05) is 18.2 Å². The van der Waals surface area contributed by atoms with Gasteiger partial charge in [0.2, 0.25) is 0 Å². The zero-order valence-electron chi connectivity index (χ0n) is 7.28. The summed E-state index contributed by atoms with van der Waals surface area (Å²) in [6.45, 7) is 0.479. The maximum absolute atomic E-state index is 5.56. The average Bonchev–Trinajstić information content (AvgIpc) is 2.60. The topological polar surface area (TPSA) is 48.1 Å². The first-order valence-electron chi connectivity index (χ1n) is 3.98. The number of benzene rings is 1. The van der Waals surface area contributed by atoms with Gasteiger partial charge in [-0.15, -0.1) is 0 Å². The number of methoxy groups -OCH3 is 1. The molecule has 13 heavy (non-hydrogen) atoms. The first-order chi connectivity index (χ1) is 6.36. The molecule has 0 unspecified atom stereocenters. The molecule has 4 heteroatoms. The molecule has 0 aliphatic rings. The average molecular weight is 194 g/mol. The van der Waals surface area contributed by atoms with Gasteiger partial charge in [0.05, 0.1) is 17.5 Å². The van der Waals surface area contributed by atoms with Gasteiger partial charge in [0.25, 0.3) is 0 Å². The van der Waals surface area contributed by atoms with Gasteiger partial charge in [0.1, 0.15) is 5.75 Å². The number of aromatic nitrogens is 1. The predicted octanol–water partition coefficient (Wildman–Crippen LogP) is 1.76. The molecule has 0 radical (unpaired) electrons. The number of fused-ring (bicyclic) bond motifs is 1. The normalized spacial score (nSPS) is 10.6. The lowest BCUT2D eigenvalue weighted by atomic mass is 10.2. The third-order valence-electron chi connectivity index (χ3n) is 1.95. The van der Waals surface area contributed by atoms with Crippen molar-refractivity contribution >= 4 is 21.6 Å². The Morgan fingerprint density at radius 3 is 3.08 bits per heavy atom. The summed E-state index contributed by atoms with van der Waals surface area (Å²) in [6.07, 6.45) is 0. The second kappa shape index (κ2) is 3.32. The van der Waals surface area contributed by atoms with Gasteiger partial charge < -0.3 is 10.5 Å². The van der Waals surface area contributed by atoms with E-state index in [-0.39, 0.29) is 0 Å². The molecule has 1 aromatic heterocycles. The second-order valence-corrected chi connectivity index (χ2v) is 3.44. The highest BCUT2D eigenvalue weighted by Crippen LogP contribution is 2.30. The van der Waals surface area contributed by atoms with Gasteiger partial charge in [-0.25, -0.2) is 0 Å². The van der Waals surface area contributed by atoms with E-state index in [9.17, 15) is 0 Å². The molecule has 0 saturated carbocycles.